The van der Waals surface area contributed by atoms with Gasteiger partial charge in [0, 0.05) is 17.6 Å². The number of carbonyl (C=O) groups excluding carboxylic acids is 2. The van der Waals surface area contributed by atoms with Crippen molar-refractivity contribution in [1.29, 1.82) is 0 Å². The molecule has 1 N–H and O–H groups in total. The van der Waals surface area contributed by atoms with Crippen molar-refractivity contribution in [3.8, 4) is 5.75 Å². The first-order valence-corrected chi connectivity index (χ1v) is 10.7. The van der Waals surface area contributed by atoms with E-state index in [1.54, 1.807) is 17.0 Å². The summed E-state index contributed by atoms with van der Waals surface area (Å²) in [6.07, 6.45) is 1.38. The van der Waals surface area contributed by atoms with Gasteiger partial charge in [-0.1, -0.05) is 59.6 Å². The average molecular weight is 461 g/mol. The Hall–Kier alpha value is -2.34. The molecule has 0 unspecified atom stereocenters. The van der Waals surface area contributed by atoms with Crippen LogP contribution in [0.25, 0.3) is 0 Å². The molecule has 156 valence electrons. The number of nitrogens with one attached hydrogen (secondary N) is 1. The lowest BCUT2D eigenvalue weighted by Gasteiger charge is -2.30. The van der Waals surface area contributed by atoms with Crippen molar-refractivity contribution >= 4 is 27.7 Å². The number of ether oxygens (including phenoxy) is 1. The molecule has 0 bridgehead atoms. The van der Waals surface area contributed by atoms with Crippen LogP contribution in [0.2, 0.25) is 0 Å². The lowest BCUT2D eigenvalue weighted by molar-refractivity contribution is -0.143. The van der Waals surface area contributed by atoms with Gasteiger partial charge in [0.1, 0.15) is 11.8 Å². The van der Waals surface area contributed by atoms with Crippen LogP contribution in [0.15, 0.2) is 53.0 Å². The van der Waals surface area contributed by atoms with Crippen LogP contribution in [0, 0.1) is 6.92 Å². The third-order valence-corrected chi connectivity index (χ3v) is 5.11. The zero-order chi connectivity index (χ0) is 21.2. The first-order chi connectivity index (χ1) is 13.9. The van der Waals surface area contributed by atoms with Crippen molar-refractivity contribution in [2.24, 2.45) is 0 Å². The molecule has 0 heterocycles. The number of halogens is 1. The monoisotopic (exact) mass is 460 g/mol. The van der Waals surface area contributed by atoms with Crippen molar-refractivity contribution < 1.29 is 14.3 Å². The van der Waals surface area contributed by atoms with Crippen LogP contribution in [0.4, 0.5) is 0 Å². The fourth-order valence-electron chi connectivity index (χ4n) is 2.93. The molecule has 0 aliphatic rings. The molecular formula is C23H29BrN2O3. The highest BCUT2D eigenvalue weighted by Crippen LogP contribution is 2.17. The highest BCUT2D eigenvalue weighted by molar-refractivity contribution is 9.10. The van der Waals surface area contributed by atoms with Crippen LogP contribution in [0.5, 0.6) is 5.75 Å². The number of hydrogen-bond donors (Lipinski definition) is 1. The van der Waals surface area contributed by atoms with Gasteiger partial charge in [0.05, 0.1) is 0 Å². The van der Waals surface area contributed by atoms with Crippen LogP contribution in [-0.2, 0) is 16.1 Å². The molecule has 2 aromatic rings. The van der Waals surface area contributed by atoms with E-state index in [0.29, 0.717) is 25.3 Å². The average Bonchev–Trinajstić information content (AvgIpc) is 2.72. The summed E-state index contributed by atoms with van der Waals surface area (Å²) in [5.41, 5.74) is 2.13. The van der Waals surface area contributed by atoms with Crippen molar-refractivity contribution in [3.05, 3.63) is 64.1 Å². The molecule has 0 aliphatic heterocycles. The maximum Gasteiger partial charge on any atom is 0.261 e. The van der Waals surface area contributed by atoms with Gasteiger partial charge < -0.3 is 15.0 Å². The smallest absolute Gasteiger partial charge is 0.261 e. The van der Waals surface area contributed by atoms with Crippen LogP contribution < -0.4 is 10.1 Å². The first-order valence-electron chi connectivity index (χ1n) is 9.95. The normalized spacial score (nSPS) is 11.6. The van der Waals surface area contributed by atoms with E-state index >= 15 is 0 Å². The molecule has 2 aromatic carbocycles. The lowest BCUT2D eigenvalue weighted by atomic mass is 10.1. The van der Waals surface area contributed by atoms with Gasteiger partial charge in [-0.25, -0.2) is 0 Å². The fraction of sp³-hybridized carbons (Fsp3) is 0.391. The molecule has 0 spiro atoms. The predicted molar refractivity (Wildman–Crippen MR) is 119 cm³/mol. The molecule has 0 fully saturated rings. The summed E-state index contributed by atoms with van der Waals surface area (Å²) in [5, 5.41) is 2.91. The van der Waals surface area contributed by atoms with Crippen LogP contribution in [-0.4, -0.2) is 35.9 Å². The van der Waals surface area contributed by atoms with Crippen molar-refractivity contribution in [2.75, 3.05) is 13.2 Å². The highest BCUT2D eigenvalue weighted by atomic mass is 79.9. The number of hydrogen-bond acceptors (Lipinski definition) is 3. The molecule has 29 heavy (non-hydrogen) atoms. The Morgan fingerprint density at radius 3 is 2.31 bits per heavy atom. The first kappa shape index (κ1) is 22.9. The van der Waals surface area contributed by atoms with Crippen molar-refractivity contribution in [1.82, 2.24) is 10.2 Å². The summed E-state index contributed by atoms with van der Waals surface area (Å²) in [6, 6.07) is 14.8. The summed E-state index contributed by atoms with van der Waals surface area (Å²) in [7, 11) is 0. The molecule has 1 atom stereocenters. The molecular weight excluding hydrogens is 432 g/mol. The second-order valence-electron chi connectivity index (χ2n) is 6.96. The molecule has 2 amide bonds. The van der Waals surface area contributed by atoms with Gasteiger partial charge in [0.2, 0.25) is 5.91 Å². The van der Waals surface area contributed by atoms with Crippen LogP contribution in [0.1, 0.15) is 37.8 Å². The fourth-order valence-corrected chi connectivity index (χ4v) is 3.20. The summed E-state index contributed by atoms with van der Waals surface area (Å²) in [4.78, 5) is 27.3. The minimum Gasteiger partial charge on any atom is -0.484 e. The van der Waals surface area contributed by atoms with E-state index in [0.717, 1.165) is 22.0 Å². The second-order valence-corrected chi connectivity index (χ2v) is 7.88. The lowest BCUT2D eigenvalue weighted by Crippen LogP contribution is -2.50. The molecule has 0 aliphatic carbocycles. The SMILES string of the molecule is CCCNC(=O)[C@H](CC)N(Cc1ccc(C)cc1)C(=O)COc1ccc(Br)cc1. The van der Waals surface area contributed by atoms with Gasteiger partial charge >= 0.3 is 0 Å². The quantitative estimate of drug-likeness (QED) is 0.568. The molecule has 6 heteroatoms. The largest absolute Gasteiger partial charge is 0.484 e. The Balaban J connectivity index is 2.16. The van der Waals surface area contributed by atoms with E-state index in [1.165, 1.54) is 0 Å². The molecule has 0 saturated carbocycles. The number of benzene rings is 2. The number of rotatable bonds is 10. The Morgan fingerprint density at radius 2 is 1.72 bits per heavy atom. The minimum atomic E-state index is -0.538. The third kappa shape index (κ3) is 7.20. The van der Waals surface area contributed by atoms with Crippen LogP contribution >= 0.6 is 15.9 Å². The van der Waals surface area contributed by atoms with Crippen molar-refractivity contribution in [3.63, 3.8) is 0 Å². The summed E-state index contributed by atoms with van der Waals surface area (Å²) in [5.74, 6) is 0.269. The number of amides is 2. The van der Waals surface area contributed by atoms with E-state index in [1.807, 2.05) is 57.2 Å². The predicted octanol–water partition coefficient (Wildman–Crippen LogP) is 4.47. The third-order valence-electron chi connectivity index (χ3n) is 4.58. The highest BCUT2D eigenvalue weighted by Gasteiger charge is 2.28. The maximum absolute atomic E-state index is 13.0. The zero-order valence-electron chi connectivity index (χ0n) is 17.3. The molecule has 0 saturated heterocycles. The molecule has 0 radical (unpaired) electrons. The number of aryl methyl sites for hydroxylation is 1. The molecule has 0 aromatic heterocycles. The van der Waals surface area contributed by atoms with Gasteiger partial charge in [-0.05, 0) is 49.6 Å². The number of nitrogens with zero attached hydrogens (tertiary/aromatic N) is 1. The Labute approximate surface area is 181 Å². The summed E-state index contributed by atoms with van der Waals surface area (Å²) >= 11 is 3.38. The van der Waals surface area contributed by atoms with E-state index in [-0.39, 0.29) is 18.4 Å². The second kappa shape index (κ2) is 11.6. The zero-order valence-corrected chi connectivity index (χ0v) is 18.9. The van der Waals surface area contributed by atoms with Gasteiger partial charge in [0.15, 0.2) is 6.61 Å². The van der Waals surface area contributed by atoms with E-state index in [4.69, 9.17) is 4.74 Å². The Morgan fingerprint density at radius 1 is 1.07 bits per heavy atom. The number of carbonyl (C=O) groups is 2. The van der Waals surface area contributed by atoms with E-state index in [2.05, 4.69) is 21.2 Å². The maximum atomic E-state index is 13.0. The Kier molecular flexibility index (Phi) is 9.19. The van der Waals surface area contributed by atoms with Gasteiger partial charge in [0.25, 0.3) is 5.91 Å². The van der Waals surface area contributed by atoms with E-state index < -0.39 is 6.04 Å². The Bertz CT molecular complexity index is 791. The molecule has 5 nitrogen and oxygen atoms in total. The summed E-state index contributed by atoms with van der Waals surface area (Å²) in [6.45, 7) is 6.78. The topological polar surface area (TPSA) is 58.6 Å². The minimum absolute atomic E-state index is 0.120. The van der Waals surface area contributed by atoms with Crippen LogP contribution in [0.3, 0.4) is 0 Å². The molecule has 2 rings (SSSR count). The van der Waals surface area contributed by atoms with Gasteiger partial charge in [-0.15, -0.1) is 0 Å². The van der Waals surface area contributed by atoms with E-state index in [9.17, 15) is 9.59 Å². The van der Waals surface area contributed by atoms with Gasteiger partial charge in [-0.2, -0.15) is 0 Å². The summed E-state index contributed by atoms with van der Waals surface area (Å²) < 4.78 is 6.61. The van der Waals surface area contributed by atoms with Gasteiger partial charge in [-0.3, -0.25) is 9.59 Å². The van der Waals surface area contributed by atoms with Crippen molar-refractivity contribution in [2.45, 2.75) is 46.2 Å². The standard InChI is InChI=1S/C23H29BrN2O3/c1-4-14-25-23(28)21(5-2)26(15-18-8-6-17(3)7-9-18)22(27)16-29-20-12-10-19(24)11-13-20/h6-13,21H,4-5,14-16H2,1-3H3,(H,25,28)/t21-/m0/s1.